The van der Waals surface area contributed by atoms with Gasteiger partial charge in [0.25, 0.3) is 5.91 Å². The van der Waals surface area contributed by atoms with Crippen LogP contribution in [-0.2, 0) is 13.0 Å². The zero-order chi connectivity index (χ0) is 18.0. The second-order valence-corrected chi connectivity index (χ2v) is 6.57. The van der Waals surface area contributed by atoms with Crippen LogP contribution < -0.4 is 11.1 Å². The number of anilines is 2. The van der Waals surface area contributed by atoms with Crippen LogP contribution >= 0.6 is 11.3 Å². The molecule has 1 aromatic carbocycles. The van der Waals surface area contributed by atoms with Gasteiger partial charge in [-0.25, -0.2) is 4.39 Å². The van der Waals surface area contributed by atoms with Gasteiger partial charge in [-0.3, -0.25) is 9.48 Å². The average Bonchev–Trinajstić information content (AvgIpc) is 3.19. The van der Waals surface area contributed by atoms with Crippen molar-refractivity contribution in [3.8, 4) is 10.6 Å². The van der Waals surface area contributed by atoms with Crippen molar-refractivity contribution in [1.29, 1.82) is 0 Å². The Morgan fingerprint density at radius 3 is 2.76 bits per heavy atom. The van der Waals surface area contributed by atoms with Gasteiger partial charge in [0, 0.05) is 6.54 Å². The Labute approximate surface area is 149 Å². The van der Waals surface area contributed by atoms with Crippen molar-refractivity contribution >= 4 is 28.6 Å². The van der Waals surface area contributed by atoms with E-state index in [1.165, 1.54) is 23.5 Å². The number of thiophene rings is 1. The number of carbonyl (C=O) groups is 1. The van der Waals surface area contributed by atoms with Gasteiger partial charge in [0.2, 0.25) is 0 Å². The monoisotopic (exact) mass is 358 g/mol. The zero-order valence-corrected chi connectivity index (χ0v) is 14.9. The van der Waals surface area contributed by atoms with E-state index in [1.54, 1.807) is 18.2 Å². The average molecular weight is 358 g/mol. The summed E-state index contributed by atoms with van der Waals surface area (Å²) in [6.45, 7) is 4.76. The number of para-hydroxylation sites is 1. The zero-order valence-electron chi connectivity index (χ0n) is 14.0. The highest BCUT2D eigenvalue weighted by molar-refractivity contribution is 7.18. The molecule has 0 spiro atoms. The maximum absolute atomic E-state index is 13.7. The molecule has 0 fully saturated rings. The number of nitrogens with two attached hydrogens (primary N) is 1. The van der Waals surface area contributed by atoms with E-state index in [2.05, 4.69) is 10.4 Å². The van der Waals surface area contributed by atoms with E-state index in [1.807, 2.05) is 24.6 Å². The molecule has 3 rings (SSSR count). The highest BCUT2D eigenvalue weighted by atomic mass is 32.1. The topological polar surface area (TPSA) is 72.9 Å². The number of nitrogen functional groups attached to an aromatic ring is 1. The van der Waals surface area contributed by atoms with Crippen molar-refractivity contribution in [3.05, 3.63) is 52.8 Å². The van der Waals surface area contributed by atoms with E-state index < -0.39 is 5.82 Å². The fourth-order valence-corrected chi connectivity index (χ4v) is 3.53. The Bertz CT molecular complexity index is 916. The van der Waals surface area contributed by atoms with E-state index in [0.717, 1.165) is 22.7 Å². The smallest absolute Gasteiger partial charge is 0.265 e. The lowest BCUT2D eigenvalue weighted by Gasteiger charge is -2.04. The molecule has 0 aliphatic carbocycles. The number of carbonyl (C=O) groups excluding carboxylic acids is 1. The molecule has 2 aromatic heterocycles. The first-order valence-electron chi connectivity index (χ1n) is 8.05. The van der Waals surface area contributed by atoms with Gasteiger partial charge in [0.1, 0.15) is 5.82 Å². The van der Waals surface area contributed by atoms with E-state index in [9.17, 15) is 9.18 Å². The molecule has 0 aliphatic rings. The predicted molar refractivity (Wildman–Crippen MR) is 99.4 cm³/mol. The minimum atomic E-state index is -0.475. The third-order valence-electron chi connectivity index (χ3n) is 3.83. The molecule has 7 heteroatoms. The Balaban J connectivity index is 1.91. The van der Waals surface area contributed by atoms with Crippen LogP contribution in [0.25, 0.3) is 10.6 Å². The molecular formula is C18H19FN4OS. The number of aromatic nitrogens is 2. The summed E-state index contributed by atoms with van der Waals surface area (Å²) in [7, 11) is 0. The van der Waals surface area contributed by atoms with Gasteiger partial charge in [-0.1, -0.05) is 19.1 Å². The fraction of sp³-hybridized carbons (Fsp3) is 0.222. The van der Waals surface area contributed by atoms with Crippen LogP contribution in [0.15, 0.2) is 36.4 Å². The Morgan fingerprint density at radius 1 is 1.32 bits per heavy atom. The van der Waals surface area contributed by atoms with E-state index >= 15 is 0 Å². The standard InChI is InChI=1S/C18H19FN4OS/c1-3-11-9-15(23(4-2)22-11)17-13(20)10-16(25-17)18(24)21-14-8-6-5-7-12(14)19/h5-10H,3-4,20H2,1-2H3,(H,21,24). The van der Waals surface area contributed by atoms with Gasteiger partial charge in [-0.05, 0) is 37.6 Å². The molecule has 3 aromatic rings. The van der Waals surface area contributed by atoms with E-state index in [-0.39, 0.29) is 11.6 Å². The van der Waals surface area contributed by atoms with Crippen molar-refractivity contribution in [1.82, 2.24) is 9.78 Å². The minimum absolute atomic E-state index is 0.146. The summed E-state index contributed by atoms with van der Waals surface area (Å²) in [4.78, 5) is 13.7. The molecule has 0 radical (unpaired) electrons. The van der Waals surface area contributed by atoms with Crippen LogP contribution in [0.1, 0.15) is 29.2 Å². The van der Waals surface area contributed by atoms with Crippen molar-refractivity contribution < 1.29 is 9.18 Å². The Kier molecular flexibility index (Phi) is 4.85. The highest BCUT2D eigenvalue weighted by Gasteiger charge is 2.18. The van der Waals surface area contributed by atoms with Crippen molar-refractivity contribution in [2.24, 2.45) is 0 Å². The quantitative estimate of drug-likeness (QED) is 0.719. The highest BCUT2D eigenvalue weighted by Crippen LogP contribution is 2.35. The second kappa shape index (κ2) is 7.06. The minimum Gasteiger partial charge on any atom is -0.397 e. The lowest BCUT2D eigenvalue weighted by atomic mass is 10.2. The van der Waals surface area contributed by atoms with Gasteiger partial charge in [0.05, 0.1) is 32.5 Å². The molecule has 0 saturated carbocycles. The molecule has 0 atom stereocenters. The first-order chi connectivity index (χ1) is 12.0. The summed E-state index contributed by atoms with van der Waals surface area (Å²) in [6, 6.07) is 9.67. The second-order valence-electron chi connectivity index (χ2n) is 5.52. The maximum atomic E-state index is 13.7. The number of benzene rings is 1. The van der Waals surface area contributed by atoms with E-state index in [0.29, 0.717) is 17.1 Å². The molecule has 5 nitrogen and oxygen atoms in total. The Hall–Kier alpha value is -2.67. The molecule has 0 saturated heterocycles. The maximum Gasteiger partial charge on any atom is 0.265 e. The van der Waals surface area contributed by atoms with Gasteiger partial charge in [-0.2, -0.15) is 5.10 Å². The molecule has 0 bridgehead atoms. The number of hydrogen-bond acceptors (Lipinski definition) is 4. The lowest BCUT2D eigenvalue weighted by molar-refractivity contribution is 0.103. The number of nitrogens with one attached hydrogen (secondary N) is 1. The Morgan fingerprint density at radius 2 is 2.08 bits per heavy atom. The molecule has 25 heavy (non-hydrogen) atoms. The van der Waals surface area contributed by atoms with Crippen LogP contribution in [0, 0.1) is 5.82 Å². The summed E-state index contributed by atoms with van der Waals surface area (Å²) < 4.78 is 15.6. The summed E-state index contributed by atoms with van der Waals surface area (Å²) in [5.74, 6) is -0.858. The lowest BCUT2D eigenvalue weighted by Crippen LogP contribution is -2.11. The first-order valence-corrected chi connectivity index (χ1v) is 8.87. The van der Waals surface area contributed by atoms with Gasteiger partial charge in [-0.15, -0.1) is 11.3 Å². The molecule has 2 heterocycles. The van der Waals surface area contributed by atoms with Crippen LogP contribution in [0.2, 0.25) is 0 Å². The summed E-state index contributed by atoms with van der Waals surface area (Å²) in [6.07, 6.45) is 0.825. The number of amides is 1. The van der Waals surface area contributed by atoms with Gasteiger partial charge >= 0.3 is 0 Å². The van der Waals surface area contributed by atoms with Crippen molar-refractivity contribution in [2.45, 2.75) is 26.8 Å². The summed E-state index contributed by atoms with van der Waals surface area (Å²) in [5.41, 5.74) is 8.65. The molecule has 1 amide bonds. The van der Waals surface area contributed by atoms with Crippen molar-refractivity contribution in [2.75, 3.05) is 11.1 Å². The van der Waals surface area contributed by atoms with Crippen molar-refractivity contribution in [3.63, 3.8) is 0 Å². The van der Waals surface area contributed by atoms with Crippen LogP contribution in [-0.4, -0.2) is 15.7 Å². The summed E-state index contributed by atoms with van der Waals surface area (Å²) >= 11 is 1.28. The SMILES string of the molecule is CCc1cc(-c2sc(C(=O)Nc3ccccc3F)cc2N)n(CC)n1. The number of halogens is 1. The third-order valence-corrected chi connectivity index (χ3v) is 5.00. The number of nitrogens with zero attached hydrogens (tertiary/aromatic N) is 2. The normalized spacial score (nSPS) is 10.8. The van der Waals surface area contributed by atoms with Crippen LogP contribution in [0.4, 0.5) is 15.8 Å². The first kappa shape index (κ1) is 17.2. The van der Waals surface area contributed by atoms with Gasteiger partial charge < -0.3 is 11.1 Å². The molecular weight excluding hydrogens is 339 g/mol. The largest absolute Gasteiger partial charge is 0.397 e. The van der Waals surface area contributed by atoms with E-state index in [4.69, 9.17) is 5.73 Å². The number of aryl methyl sites for hydroxylation is 2. The summed E-state index contributed by atoms with van der Waals surface area (Å²) in [5, 5.41) is 7.10. The number of hydrogen-bond donors (Lipinski definition) is 2. The molecule has 130 valence electrons. The third kappa shape index (κ3) is 3.41. The number of rotatable bonds is 5. The van der Waals surface area contributed by atoms with Crippen LogP contribution in [0.5, 0.6) is 0 Å². The van der Waals surface area contributed by atoms with Gasteiger partial charge in [0.15, 0.2) is 0 Å². The van der Waals surface area contributed by atoms with Crippen LogP contribution in [0.3, 0.4) is 0 Å². The molecule has 0 unspecified atom stereocenters. The predicted octanol–water partition coefficient (Wildman–Crippen LogP) is 4.17. The fourth-order valence-electron chi connectivity index (χ4n) is 2.53. The molecule has 0 aliphatic heterocycles. The molecule has 3 N–H and O–H groups in total.